The average Bonchev–Trinajstić information content (AvgIpc) is 3.32. The number of hydrogen-bond acceptors (Lipinski definition) is 6. The number of nitrogens with zero attached hydrogens (tertiary/aromatic N) is 3. The fraction of sp³-hybridized carbons (Fsp3) is 0.360. The van der Waals surface area contributed by atoms with E-state index in [-0.39, 0.29) is 23.5 Å². The second-order valence-electron chi connectivity index (χ2n) is 8.36. The predicted octanol–water partition coefficient (Wildman–Crippen LogP) is 3.87. The molecule has 0 atom stereocenters. The Morgan fingerprint density at radius 1 is 1.12 bits per heavy atom. The second-order valence-corrected chi connectivity index (χ2v) is 8.36. The number of likely N-dealkylation sites (tertiary alicyclic amines) is 1. The van der Waals surface area contributed by atoms with Crippen molar-refractivity contribution < 1.29 is 18.5 Å². The minimum atomic E-state index is -0.317. The molecule has 4 rings (SSSR count). The maximum atomic E-state index is 13.1. The van der Waals surface area contributed by atoms with Crippen LogP contribution < -0.4 is 10.6 Å². The maximum Gasteiger partial charge on any atom is 0.253 e. The maximum absolute atomic E-state index is 13.1. The van der Waals surface area contributed by atoms with Gasteiger partial charge in [0.15, 0.2) is 0 Å². The lowest BCUT2D eigenvalue weighted by molar-refractivity contribution is -0.121. The van der Waals surface area contributed by atoms with E-state index in [9.17, 15) is 14.0 Å². The van der Waals surface area contributed by atoms with E-state index < -0.39 is 0 Å². The number of piperidine rings is 1. The molecule has 1 saturated heterocycles. The number of carbonyl (C=O) groups is 2. The Labute approximate surface area is 197 Å². The molecule has 1 aliphatic rings. The van der Waals surface area contributed by atoms with Gasteiger partial charge in [0.05, 0.1) is 17.8 Å². The molecule has 2 N–H and O–H groups in total. The van der Waals surface area contributed by atoms with Crippen LogP contribution in [0.25, 0.3) is 11.4 Å². The van der Waals surface area contributed by atoms with Crippen LogP contribution in [0, 0.1) is 11.7 Å². The third-order valence-corrected chi connectivity index (χ3v) is 5.85. The summed E-state index contributed by atoms with van der Waals surface area (Å²) in [7, 11) is 0. The Balaban J connectivity index is 1.29. The van der Waals surface area contributed by atoms with Crippen LogP contribution >= 0.6 is 0 Å². The third kappa shape index (κ3) is 5.85. The van der Waals surface area contributed by atoms with Gasteiger partial charge in [-0.05, 0) is 68.8 Å². The number of amides is 2. The number of para-hydroxylation sites is 1. The number of rotatable bonds is 8. The summed E-state index contributed by atoms with van der Waals surface area (Å²) in [5.41, 5.74) is 1.69. The van der Waals surface area contributed by atoms with Gasteiger partial charge in [-0.15, -0.1) is 0 Å². The van der Waals surface area contributed by atoms with Crippen LogP contribution in [-0.4, -0.2) is 46.5 Å². The van der Waals surface area contributed by atoms with Crippen molar-refractivity contribution in [2.24, 2.45) is 5.92 Å². The first kappa shape index (κ1) is 23.6. The van der Waals surface area contributed by atoms with Crippen LogP contribution in [0.15, 0.2) is 53.1 Å². The summed E-state index contributed by atoms with van der Waals surface area (Å²) in [6.07, 6.45) is 2.22. The topological polar surface area (TPSA) is 100 Å². The second kappa shape index (κ2) is 11.0. The molecule has 0 aliphatic carbocycles. The predicted molar refractivity (Wildman–Crippen MR) is 125 cm³/mol. The highest BCUT2D eigenvalue weighted by Crippen LogP contribution is 2.23. The molecule has 2 heterocycles. The van der Waals surface area contributed by atoms with Crippen LogP contribution in [-0.2, 0) is 11.3 Å². The van der Waals surface area contributed by atoms with Crippen LogP contribution in [0.2, 0.25) is 0 Å². The number of benzene rings is 2. The Morgan fingerprint density at radius 2 is 1.85 bits per heavy atom. The zero-order chi connectivity index (χ0) is 23.9. The van der Waals surface area contributed by atoms with Crippen molar-refractivity contribution >= 4 is 17.5 Å². The number of halogens is 1. The van der Waals surface area contributed by atoms with Crippen molar-refractivity contribution in [1.82, 2.24) is 20.4 Å². The average molecular weight is 466 g/mol. The molecule has 3 aromatic rings. The summed E-state index contributed by atoms with van der Waals surface area (Å²) in [6, 6.07) is 13.0. The molecule has 2 amide bonds. The van der Waals surface area contributed by atoms with Gasteiger partial charge < -0.3 is 15.2 Å². The van der Waals surface area contributed by atoms with E-state index in [0.29, 0.717) is 67.6 Å². The van der Waals surface area contributed by atoms with Crippen LogP contribution in [0.4, 0.5) is 10.1 Å². The van der Waals surface area contributed by atoms with Gasteiger partial charge >= 0.3 is 0 Å². The first-order valence-corrected chi connectivity index (χ1v) is 11.5. The van der Waals surface area contributed by atoms with E-state index in [2.05, 4.69) is 25.7 Å². The van der Waals surface area contributed by atoms with E-state index in [1.54, 1.807) is 36.4 Å². The summed E-state index contributed by atoms with van der Waals surface area (Å²) in [5.74, 6) is 0.183. The molecule has 1 aliphatic heterocycles. The van der Waals surface area contributed by atoms with Crippen LogP contribution in [0.5, 0.6) is 0 Å². The quantitative estimate of drug-likeness (QED) is 0.524. The monoisotopic (exact) mass is 465 g/mol. The third-order valence-electron chi connectivity index (χ3n) is 5.85. The molecular weight excluding hydrogens is 437 g/mol. The molecule has 2 aromatic carbocycles. The first-order valence-electron chi connectivity index (χ1n) is 11.5. The highest BCUT2D eigenvalue weighted by molar-refractivity contribution is 6.04. The fourth-order valence-corrected chi connectivity index (χ4v) is 3.94. The molecule has 0 unspecified atom stereocenters. The Kier molecular flexibility index (Phi) is 7.64. The summed E-state index contributed by atoms with van der Waals surface area (Å²) >= 11 is 0. The normalized spacial score (nSPS) is 14.6. The molecule has 0 radical (unpaired) electrons. The molecule has 0 saturated carbocycles. The number of aromatic nitrogens is 2. The van der Waals surface area contributed by atoms with Gasteiger partial charge in [-0.2, -0.15) is 4.98 Å². The Bertz CT molecular complexity index is 1120. The smallest absolute Gasteiger partial charge is 0.253 e. The minimum Gasteiger partial charge on any atom is -0.352 e. The fourth-order valence-electron chi connectivity index (χ4n) is 3.94. The van der Waals surface area contributed by atoms with Gasteiger partial charge in [-0.3, -0.25) is 14.5 Å². The number of carbonyl (C=O) groups excluding carboxylic acids is 2. The van der Waals surface area contributed by atoms with Crippen molar-refractivity contribution in [1.29, 1.82) is 0 Å². The van der Waals surface area contributed by atoms with Crippen LogP contribution in [0.3, 0.4) is 0 Å². The van der Waals surface area contributed by atoms with E-state index in [1.807, 2.05) is 6.92 Å². The largest absolute Gasteiger partial charge is 0.352 e. The summed E-state index contributed by atoms with van der Waals surface area (Å²) < 4.78 is 18.5. The summed E-state index contributed by atoms with van der Waals surface area (Å²) in [5, 5.41) is 9.77. The lowest BCUT2D eigenvalue weighted by Crippen LogP contribution is -2.38. The van der Waals surface area contributed by atoms with Gasteiger partial charge in [-0.1, -0.05) is 24.2 Å². The van der Waals surface area contributed by atoms with Gasteiger partial charge in [0, 0.05) is 18.0 Å². The van der Waals surface area contributed by atoms with E-state index in [4.69, 9.17) is 4.52 Å². The molecule has 1 fully saturated rings. The highest BCUT2D eigenvalue weighted by Gasteiger charge is 2.27. The summed E-state index contributed by atoms with van der Waals surface area (Å²) in [4.78, 5) is 31.8. The van der Waals surface area contributed by atoms with Gasteiger partial charge in [0.2, 0.25) is 17.6 Å². The van der Waals surface area contributed by atoms with Crippen molar-refractivity contribution in [3.63, 3.8) is 0 Å². The molecule has 0 spiro atoms. The zero-order valence-electron chi connectivity index (χ0n) is 19.1. The van der Waals surface area contributed by atoms with Crippen molar-refractivity contribution in [3.05, 3.63) is 65.8 Å². The molecule has 9 heteroatoms. The summed E-state index contributed by atoms with van der Waals surface area (Å²) in [6.45, 7) is 4.49. The Morgan fingerprint density at radius 3 is 2.59 bits per heavy atom. The van der Waals surface area contributed by atoms with Gasteiger partial charge in [0.25, 0.3) is 5.91 Å². The van der Waals surface area contributed by atoms with Crippen molar-refractivity contribution in [2.45, 2.75) is 32.7 Å². The van der Waals surface area contributed by atoms with Gasteiger partial charge in [0.1, 0.15) is 5.82 Å². The van der Waals surface area contributed by atoms with E-state index >= 15 is 0 Å². The Hall–Kier alpha value is -3.59. The number of hydrogen-bond donors (Lipinski definition) is 2. The van der Waals surface area contributed by atoms with Gasteiger partial charge in [-0.25, -0.2) is 4.39 Å². The zero-order valence-corrected chi connectivity index (χ0v) is 19.1. The number of nitrogens with one attached hydrogen (secondary N) is 2. The standard InChI is InChI=1S/C25H28FN5O3/c1-2-13-27-25(33)20-5-3-4-6-21(20)28-24(32)18-11-14-31(15-12-18)16-22-29-23(30-34-22)17-7-9-19(26)10-8-17/h3-10,18H,2,11-16H2,1H3,(H,27,33)(H,28,32). The molecular formula is C25H28FN5O3. The minimum absolute atomic E-state index is 0.0771. The van der Waals surface area contributed by atoms with Crippen molar-refractivity contribution in [2.75, 3.05) is 25.0 Å². The van der Waals surface area contributed by atoms with E-state index in [0.717, 1.165) is 6.42 Å². The van der Waals surface area contributed by atoms with Crippen LogP contribution in [0.1, 0.15) is 42.4 Å². The molecule has 0 bridgehead atoms. The van der Waals surface area contributed by atoms with E-state index in [1.165, 1.54) is 12.1 Å². The molecule has 178 valence electrons. The lowest BCUT2D eigenvalue weighted by atomic mass is 9.95. The lowest BCUT2D eigenvalue weighted by Gasteiger charge is -2.30. The van der Waals surface area contributed by atoms with Crippen molar-refractivity contribution in [3.8, 4) is 11.4 Å². The molecule has 8 nitrogen and oxygen atoms in total. The molecule has 34 heavy (non-hydrogen) atoms. The molecule has 1 aromatic heterocycles. The first-order chi connectivity index (χ1) is 16.5. The highest BCUT2D eigenvalue weighted by atomic mass is 19.1. The SMILES string of the molecule is CCCNC(=O)c1ccccc1NC(=O)C1CCN(Cc2nc(-c3ccc(F)cc3)no2)CC1. The number of anilines is 1.